The molecule has 6 rings (SSSR count). The number of carboxylic acid groups (broad SMARTS) is 1. The fourth-order valence-electron chi connectivity index (χ4n) is 4.91. The third-order valence-corrected chi connectivity index (χ3v) is 10.3. The van der Waals surface area contributed by atoms with E-state index in [0.717, 1.165) is 10.5 Å². The molecular formula is C25H17BrN4O7S2. The first kappa shape index (κ1) is 25.5. The van der Waals surface area contributed by atoms with E-state index in [9.17, 15) is 29.6 Å². The minimum atomic E-state index is -1.44. The summed E-state index contributed by atoms with van der Waals surface area (Å²) >= 11 is 6.23. The molecule has 3 atom stereocenters. The monoisotopic (exact) mass is 628 g/mol. The maximum atomic E-state index is 13.6. The third-order valence-electron chi connectivity index (χ3n) is 6.65. The largest absolute Gasteiger partial charge is 0.477 e. The maximum absolute atomic E-state index is 13.6. The van der Waals surface area contributed by atoms with Crippen LogP contribution in [-0.4, -0.2) is 51.9 Å². The molecule has 1 fully saturated rings. The lowest BCUT2D eigenvalue weighted by Crippen LogP contribution is -2.70. The number of nitrogens with zero attached hydrogens (tertiary/aromatic N) is 4. The number of fused-ring (bicyclic) bond motifs is 4. The molecule has 2 aliphatic heterocycles. The van der Waals surface area contributed by atoms with Crippen molar-refractivity contribution in [3.05, 3.63) is 85.9 Å². The van der Waals surface area contributed by atoms with Crippen LogP contribution in [0.2, 0.25) is 0 Å². The number of esters is 1. The number of non-ortho nitro benzene ring substituents is 1. The van der Waals surface area contributed by atoms with Crippen LogP contribution in [-0.2, 0) is 25.5 Å². The number of ether oxygens (including phenoxy) is 1. The molecule has 11 nitrogen and oxygen atoms in total. The van der Waals surface area contributed by atoms with Gasteiger partial charge >= 0.3 is 11.9 Å². The van der Waals surface area contributed by atoms with Crippen LogP contribution in [0.15, 0.2) is 64.6 Å². The summed E-state index contributed by atoms with van der Waals surface area (Å²) in [7, 11) is 0. The van der Waals surface area contributed by atoms with E-state index in [1.165, 1.54) is 47.1 Å². The number of hydrogen-bond acceptors (Lipinski definition) is 9. The second-order valence-corrected chi connectivity index (χ2v) is 12.4. The van der Waals surface area contributed by atoms with Crippen LogP contribution >= 0.6 is 39.0 Å². The number of amides is 1. The van der Waals surface area contributed by atoms with Gasteiger partial charge in [0.05, 0.1) is 16.0 Å². The molecule has 4 aromatic rings. The zero-order chi connectivity index (χ0) is 27.6. The first-order chi connectivity index (χ1) is 18.6. The molecule has 1 N–H and O–H groups in total. The van der Waals surface area contributed by atoms with Crippen LogP contribution in [0.5, 0.6) is 0 Å². The molecule has 2 aliphatic rings. The molecule has 1 saturated heterocycles. The number of carbonyl (C=O) groups is 3. The Morgan fingerprint density at radius 1 is 1.28 bits per heavy atom. The molecule has 198 valence electrons. The van der Waals surface area contributed by atoms with Gasteiger partial charge in [0.2, 0.25) is 0 Å². The normalized spacial score (nSPS) is 21.2. The first-order valence-corrected chi connectivity index (χ1v) is 14.1. The predicted octanol–water partition coefficient (Wildman–Crippen LogP) is 4.65. The van der Waals surface area contributed by atoms with E-state index in [-0.39, 0.29) is 17.8 Å². The molecule has 0 radical (unpaired) electrons. The van der Waals surface area contributed by atoms with Crippen molar-refractivity contribution < 1.29 is 29.2 Å². The number of allylic oxidation sites excluding steroid dienone is 1. The average molecular weight is 629 g/mol. The van der Waals surface area contributed by atoms with Crippen LogP contribution in [0.1, 0.15) is 24.2 Å². The van der Waals surface area contributed by atoms with Gasteiger partial charge in [-0.3, -0.25) is 29.0 Å². The Morgan fingerprint density at radius 2 is 2.03 bits per heavy atom. The zero-order valence-electron chi connectivity index (χ0n) is 19.9. The van der Waals surface area contributed by atoms with Crippen molar-refractivity contribution in [1.29, 1.82) is 0 Å². The standard InChI is InChI=1S/C25H17BrN4O7S2/c1-12(31)37-20(14-4-7-17-16(11-14)27-24-28(17)8-9-38-24)25(26)22(34)29-19(21(32)33)18(39-23(25)29)10-13-2-5-15(6-3-13)30(35)36/h2-9,11,20,23H,10H2,1H3,(H,32,33)/t20?,23-,25?/m1/s1. The second kappa shape index (κ2) is 9.17. The number of aliphatic carboxylic acids is 1. The Bertz CT molecular complexity index is 1750. The van der Waals surface area contributed by atoms with Crippen LogP contribution in [0.4, 0.5) is 5.69 Å². The van der Waals surface area contributed by atoms with Crippen molar-refractivity contribution in [2.45, 2.75) is 29.1 Å². The van der Waals surface area contributed by atoms with Gasteiger partial charge in [-0.25, -0.2) is 9.78 Å². The van der Waals surface area contributed by atoms with E-state index in [2.05, 4.69) is 20.9 Å². The van der Waals surface area contributed by atoms with Crippen LogP contribution < -0.4 is 0 Å². The number of nitro groups is 1. The smallest absolute Gasteiger partial charge is 0.353 e. The van der Waals surface area contributed by atoms with Gasteiger partial charge in [0.1, 0.15) is 11.1 Å². The van der Waals surface area contributed by atoms with Crippen molar-refractivity contribution in [3.8, 4) is 0 Å². The van der Waals surface area contributed by atoms with Gasteiger partial charge in [-0.15, -0.1) is 23.1 Å². The number of benzene rings is 2. The quantitative estimate of drug-likeness (QED) is 0.102. The number of carboxylic acids is 1. The van der Waals surface area contributed by atoms with Crippen LogP contribution in [0.3, 0.4) is 0 Å². The van der Waals surface area contributed by atoms with Gasteiger partial charge in [-0.1, -0.05) is 34.1 Å². The Labute approximate surface area is 236 Å². The highest BCUT2D eigenvalue weighted by molar-refractivity contribution is 9.10. The lowest BCUT2D eigenvalue weighted by molar-refractivity contribution is -0.384. The molecule has 2 aromatic carbocycles. The molecule has 0 saturated carbocycles. The number of imidazole rings is 1. The summed E-state index contributed by atoms with van der Waals surface area (Å²) in [4.78, 5) is 55.6. The molecule has 0 aliphatic carbocycles. The molecule has 2 aromatic heterocycles. The summed E-state index contributed by atoms with van der Waals surface area (Å²) in [6, 6.07) is 11.2. The number of thiazole rings is 1. The number of nitro benzene ring substituents is 1. The first-order valence-electron chi connectivity index (χ1n) is 11.5. The molecule has 0 bridgehead atoms. The molecule has 0 spiro atoms. The van der Waals surface area contributed by atoms with Gasteiger partial charge in [0, 0.05) is 42.0 Å². The Kier molecular flexibility index (Phi) is 6.00. The summed E-state index contributed by atoms with van der Waals surface area (Å²) in [5.41, 5.74) is 2.47. The second-order valence-electron chi connectivity index (χ2n) is 9.00. The van der Waals surface area contributed by atoms with Crippen molar-refractivity contribution in [2.24, 2.45) is 0 Å². The van der Waals surface area contributed by atoms with E-state index in [0.29, 0.717) is 21.5 Å². The Morgan fingerprint density at radius 3 is 2.69 bits per heavy atom. The van der Waals surface area contributed by atoms with Gasteiger partial charge in [-0.2, -0.15) is 0 Å². The van der Waals surface area contributed by atoms with Crippen molar-refractivity contribution >= 4 is 78.6 Å². The molecule has 4 heterocycles. The molecular weight excluding hydrogens is 612 g/mol. The third kappa shape index (κ3) is 3.93. The van der Waals surface area contributed by atoms with Gasteiger partial charge < -0.3 is 9.84 Å². The average Bonchev–Trinajstić information content (AvgIpc) is 3.59. The van der Waals surface area contributed by atoms with E-state index >= 15 is 0 Å². The molecule has 14 heteroatoms. The summed E-state index contributed by atoms with van der Waals surface area (Å²) in [5.74, 6) is -2.42. The fraction of sp³-hybridized carbons (Fsp3) is 0.200. The zero-order valence-corrected chi connectivity index (χ0v) is 23.2. The number of carbonyl (C=O) groups excluding carboxylic acids is 2. The lowest BCUT2D eigenvalue weighted by Gasteiger charge is -2.51. The number of rotatable bonds is 7. The predicted molar refractivity (Wildman–Crippen MR) is 146 cm³/mol. The number of hydrogen-bond donors (Lipinski definition) is 1. The molecule has 1 amide bonds. The van der Waals surface area contributed by atoms with E-state index in [1.54, 1.807) is 24.3 Å². The highest BCUT2D eigenvalue weighted by atomic mass is 79.9. The lowest BCUT2D eigenvalue weighted by atomic mass is 9.86. The number of thioether (sulfide) groups is 1. The Balaban J connectivity index is 1.35. The summed E-state index contributed by atoms with van der Waals surface area (Å²) in [6.07, 6.45) is 0.996. The minimum absolute atomic E-state index is 0.0810. The van der Waals surface area contributed by atoms with E-state index < -0.39 is 38.6 Å². The summed E-state index contributed by atoms with van der Waals surface area (Å²) in [6.45, 7) is 1.25. The molecule has 2 unspecified atom stereocenters. The minimum Gasteiger partial charge on any atom is -0.477 e. The SMILES string of the molecule is CC(=O)OC(c1ccc2c(c1)nc1sccn12)C1(Br)C(=O)N2C(C(=O)O)=C(Cc3ccc([N+](=O)[O-])cc3)S[C@@H]21. The topological polar surface area (TPSA) is 144 Å². The van der Waals surface area contributed by atoms with Gasteiger partial charge in [0.25, 0.3) is 11.6 Å². The number of β-lactam (4-membered cyclic amide) rings is 1. The van der Waals surface area contributed by atoms with E-state index in [4.69, 9.17) is 4.74 Å². The van der Waals surface area contributed by atoms with Crippen molar-refractivity contribution in [1.82, 2.24) is 14.3 Å². The number of alkyl halides is 1. The summed E-state index contributed by atoms with van der Waals surface area (Å²) < 4.78 is 6.20. The fourth-order valence-corrected chi connectivity index (χ4v) is 8.19. The van der Waals surface area contributed by atoms with Crippen LogP contribution in [0, 0.1) is 10.1 Å². The number of aromatic nitrogens is 2. The Hall–Kier alpha value is -3.75. The maximum Gasteiger partial charge on any atom is 0.353 e. The highest BCUT2D eigenvalue weighted by Crippen LogP contribution is 2.60. The number of halogens is 1. The molecule has 39 heavy (non-hydrogen) atoms. The highest BCUT2D eigenvalue weighted by Gasteiger charge is 2.70. The van der Waals surface area contributed by atoms with E-state index in [1.807, 2.05) is 22.0 Å². The van der Waals surface area contributed by atoms with Gasteiger partial charge in [-0.05, 0) is 23.3 Å². The van der Waals surface area contributed by atoms with Crippen molar-refractivity contribution in [2.75, 3.05) is 0 Å². The van der Waals surface area contributed by atoms with Crippen LogP contribution in [0.25, 0.3) is 16.0 Å². The van der Waals surface area contributed by atoms with Crippen molar-refractivity contribution in [3.63, 3.8) is 0 Å². The van der Waals surface area contributed by atoms with Gasteiger partial charge in [0.15, 0.2) is 15.4 Å². The summed E-state index contributed by atoms with van der Waals surface area (Å²) in [5, 5.41) is 22.2.